The summed E-state index contributed by atoms with van der Waals surface area (Å²) < 4.78 is 5.10. The van der Waals surface area contributed by atoms with Crippen molar-refractivity contribution in [2.45, 2.75) is 0 Å². The van der Waals surface area contributed by atoms with Crippen LogP contribution in [-0.4, -0.2) is 15.1 Å². The quantitative estimate of drug-likeness (QED) is 0.779. The molecule has 0 bridgehead atoms. The smallest absolute Gasteiger partial charge is 0.263 e. The fourth-order valence-electron chi connectivity index (χ4n) is 1.67. The van der Waals surface area contributed by atoms with Crippen LogP contribution in [0.3, 0.4) is 0 Å². The minimum Gasteiger partial charge on any atom is -0.333 e. The zero-order chi connectivity index (χ0) is 13.2. The molecule has 0 amide bonds. The number of hydrogen-bond donors (Lipinski definition) is 1. The van der Waals surface area contributed by atoms with Gasteiger partial charge in [-0.3, -0.25) is 4.79 Å². The number of halogens is 1. The summed E-state index contributed by atoms with van der Waals surface area (Å²) in [5, 5.41) is 4.37. The molecule has 19 heavy (non-hydrogen) atoms. The summed E-state index contributed by atoms with van der Waals surface area (Å²) in [7, 11) is 0. The van der Waals surface area contributed by atoms with Crippen molar-refractivity contribution < 1.29 is 4.52 Å². The van der Waals surface area contributed by atoms with Gasteiger partial charge in [0, 0.05) is 11.8 Å². The molecule has 0 fully saturated rings. The monoisotopic (exact) mass is 273 g/mol. The van der Waals surface area contributed by atoms with Crippen molar-refractivity contribution in [3.8, 4) is 22.8 Å². The molecule has 0 aliphatic heterocycles. The molecule has 0 aliphatic rings. The second-order valence-corrected chi connectivity index (χ2v) is 4.22. The van der Waals surface area contributed by atoms with Gasteiger partial charge in [0.05, 0.1) is 5.02 Å². The van der Waals surface area contributed by atoms with Crippen LogP contribution < -0.4 is 5.56 Å². The van der Waals surface area contributed by atoms with E-state index in [1.54, 1.807) is 24.3 Å². The lowest BCUT2D eigenvalue weighted by molar-refractivity contribution is 0.432. The summed E-state index contributed by atoms with van der Waals surface area (Å²) in [6.45, 7) is 0. The van der Waals surface area contributed by atoms with E-state index in [0.717, 1.165) is 0 Å². The highest BCUT2D eigenvalue weighted by Crippen LogP contribution is 2.26. The zero-order valence-corrected chi connectivity index (χ0v) is 10.4. The zero-order valence-electron chi connectivity index (χ0n) is 9.63. The van der Waals surface area contributed by atoms with Crippen LogP contribution in [0.15, 0.2) is 51.9 Å². The lowest BCUT2D eigenvalue weighted by atomic mass is 10.2. The number of benzene rings is 1. The van der Waals surface area contributed by atoms with Gasteiger partial charge in [0.15, 0.2) is 0 Å². The second-order valence-electron chi connectivity index (χ2n) is 3.82. The first-order valence-corrected chi connectivity index (χ1v) is 5.90. The van der Waals surface area contributed by atoms with E-state index < -0.39 is 0 Å². The van der Waals surface area contributed by atoms with Crippen LogP contribution in [0.4, 0.5) is 0 Å². The van der Waals surface area contributed by atoms with Crippen LogP contribution in [0.25, 0.3) is 22.8 Å². The van der Waals surface area contributed by atoms with E-state index in [1.807, 2.05) is 12.1 Å². The Morgan fingerprint density at radius 1 is 1.11 bits per heavy atom. The minimum atomic E-state index is -0.281. The van der Waals surface area contributed by atoms with Crippen LogP contribution in [0.5, 0.6) is 0 Å². The number of nitrogens with zero attached hydrogens (tertiary/aromatic N) is 2. The molecule has 0 atom stereocenters. The topological polar surface area (TPSA) is 71.8 Å². The molecule has 0 saturated carbocycles. The van der Waals surface area contributed by atoms with E-state index in [1.165, 1.54) is 6.20 Å². The Bertz CT molecular complexity index is 779. The third-order valence-corrected chi connectivity index (χ3v) is 2.92. The minimum absolute atomic E-state index is 0.164. The molecule has 1 aromatic carbocycles. The Kier molecular flexibility index (Phi) is 2.89. The number of nitrogens with one attached hydrogen (secondary N) is 1. The van der Waals surface area contributed by atoms with E-state index in [-0.39, 0.29) is 11.4 Å². The number of aromatic nitrogens is 3. The lowest BCUT2D eigenvalue weighted by Gasteiger charge is -1.96. The number of rotatable bonds is 2. The Morgan fingerprint density at radius 3 is 2.68 bits per heavy atom. The van der Waals surface area contributed by atoms with Gasteiger partial charge in [-0.25, -0.2) is 0 Å². The van der Waals surface area contributed by atoms with Gasteiger partial charge in [-0.1, -0.05) is 28.9 Å². The SMILES string of the molecule is O=c1[nH]cccc1-c1nc(-c2ccccc2Cl)no1. The average molecular weight is 274 g/mol. The van der Waals surface area contributed by atoms with Gasteiger partial charge >= 0.3 is 0 Å². The van der Waals surface area contributed by atoms with E-state index in [2.05, 4.69) is 15.1 Å². The van der Waals surface area contributed by atoms with Crippen molar-refractivity contribution in [3.63, 3.8) is 0 Å². The summed E-state index contributed by atoms with van der Waals surface area (Å²) in [5.74, 6) is 0.514. The van der Waals surface area contributed by atoms with Crippen molar-refractivity contribution in [1.29, 1.82) is 0 Å². The summed E-state index contributed by atoms with van der Waals surface area (Å²) >= 11 is 6.06. The molecular weight excluding hydrogens is 266 g/mol. The normalized spacial score (nSPS) is 10.6. The third kappa shape index (κ3) is 2.15. The van der Waals surface area contributed by atoms with Crippen molar-refractivity contribution in [2.75, 3.05) is 0 Å². The molecule has 0 spiro atoms. The van der Waals surface area contributed by atoms with Crippen LogP contribution >= 0.6 is 11.6 Å². The highest BCUT2D eigenvalue weighted by Gasteiger charge is 2.14. The summed E-state index contributed by atoms with van der Waals surface area (Å²) in [6.07, 6.45) is 1.54. The first kappa shape index (κ1) is 11.7. The number of aromatic amines is 1. The molecule has 0 saturated heterocycles. The average Bonchev–Trinajstić information content (AvgIpc) is 2.89. The third-order valence-electron chi connectivity index (χ3n) is 2.59. The molecule has 1 N–H and O–H groups in total. The van der Waals surface area contributed by atoms with Gasteiger partial charge in [-0.05, 0) is 24.3 Å². The van der Waals surface area contributed by atoms with Crippen LogP contribution in [0, 0.1) is 0 Å². The lowest BCUT2D eigenvalue weighted by Crippen LogP contribution is -2.06. The first-order valence-electron chi connectivity index (χ1n) is 5.52. The van der Waals surface area contributed by atoms with Crippen LogP contribution in [-0.2, 0) is 0 Å². The van der Waals surface area contributed by atoms with Gasteiger partial charge in [0.2, 0.25) is 5.82 Å². The maximum absolute atomic E-state index is 11.6. The predicted octanol–water partition coefficient (Wildman–Crippen LogP) is 2.75. The highest BCUT2D eigenvalue weighted by molar-refractivity contribution is 6.33. The largest absolute Gasteiger partial charge is 0.333 e. The summed E-state index contributed by atoms with van der Waals surface area (Å²) in [4.78, 5) is 18.4. The van der Waals surface area contributed by atoms with E-state index in [4.69, 9.17) is 16.1 Å². The Morgan fingerprint density at radius 2 is 1.89 bits per heavy atom. The predicted molar refractivity (Wildman–Crippen MR) is 70.8 cm³/mol. The molecule has 2 aromatic heterocycles. The summed E-state index contributed by atoms with van der Waals surface area (Å²) in [5.41, 5.74) is 0.705. The molecule has 94 valence electrons. The fourth-order valence-corrected chi connectivity index (χ4v) is 1.90. The molecule has 5 nitrogen and oxygen atoms in total. The van der Waals surface area contributed by atoms with Crippen molar-refractivity contribution in [3.05, 3.63) is 58.0 Å². The van der Waals surface area contributed by atoms with E-state index >= 15 is 0 Å². The number of pyridine rings is 1. The molecule has 3 rings (SSSR count). The fraction of sp³-hybridized carbons (Fsp3) is 0. The second kappa shape index (κ2) is 4.70. The number of hydrogen-bond acceptors (Lipinski definition) is 4. The van der Waals surface area contributed by atoms with Gasteiger partial charge in [0.1, 0.15) is 5.56 Å². The van der Waals surface area contributed by atoms with E-state index in [9.17, 15) is 4.79 Å². The molecule has 0 unspecified atom stereocenters. The Hall–Kier alpha value is -2.40. The standard InChI is InChI=1S/C13H8ClN3O2/c14-10-6-2-1-4-8(10)11-16-13(19-17-11)9-5-3-7-15-12(9)18/h1-7H,(H,15,18). The molecular formula is C13H8ClN3O2. The maximum Gasteiger partial charge on any atom is 0.263 e. The van der Waals surface area contributed by atoms with Crippen LogP contribution in [0.1, 0.15) is 0 Å². The number of H-pyrrole nitrogens is 1. The summed E-state index contributed by atoms with van der Waals surface area (Å²) in [6, 6.07) is 10.5. The Labute approximate surface area is 112 Å². The molecule has 0 radical (unpaired) electrons. The Balaban J connectivity index is 2.08. The van der Waals surface area contributed by atoms with Crippen molar-refractivity contribution >= 4 is 11.6 Å². The van der Waals surface area contributed by atoms with Gasteiger partial charge in [0.25, 0.3) is 11.4 Å². The van der Waals surface area contributed by atoms with Gasteiger partial charge in [-0.2, -0.15) is 4.98 Å². The molecule has 2 heterocycles. The molecule has 6 heteroatoms. The molecule has 3 aromatic rings. The van der Waals surface area contributed by atoms with Crippen molar-refractivity contribution in [2.24, 2.45) is 0 Å². The molecule has 0 aliphatic carbocycles. The van der Waals surface area contributed by atoms with Crippen molar-refractivity contribution in [1.82, 2.24) is 15.1 Å². The van der Waals surface area contributed by atoms with Gasteiger partial charge in [-0.15, -0.1) is 0 Å². The van der Waals surface area contributed by atoms with Crippen LogP contribution in [0.2, 0.25) is 5.02 Å². The maximum atomic E-state index is 11.6. The van der Waals surface area contributed by atoms with E-state index in [0.29, 0.717) is 22.0 Å². The highest BCUT2D eigenvalue weighted by atomic mass is 35.5. The van der Waals surface area contributed by atoms with Gasteiger partial charge < -0.3 is 9.51 Å². The first-order chi connectivity index (χ1) is 9.25.